The van der Waals surface area contributed by atoms with Gasteiger partial charge < -0.3 is 45.2 Å². The molecule has 0 spiro atoms. The van der Waals surface area contributed by atoms with Crippen LogP contribution in [-0.2, 0) is 27.2 Å². The Labute approximate surface area is 196 Å². The highest BCUT2D eigenvalue weighted by Gasteiger charge is 2.48. The first-order valence-corrected chi connectivity index (χ1v) is 13.4. The van der Waals surface area contributed by atoms with Crippen LogP contribution in [0.4, 0.5) is 5.82 Å². The molecule has 0 radical (unpaired) electrons. The third kappa shape index (κ3) is 4.41. The van der Waals surface area contributed by atoms with Crippen LogP contribution in [0, 0.1) is 5.92 Å². The molecule has 2 fully saturated rings. The Balaban J connectivity index is 1.57. The Kier molecular flexibility index (Phi) is 6.28. The van der Waals surface area contributed by atoms with Crippen molar-refractivity contribution in [3.05, 3.63) is 12.7 Å². The van der Waals surface area contributed by atoms with E-state index in [0.717, 1.165) is 0 Å². The number of hydrogen-bond donors (Lipinski definition) is 6. The number of nitrogens with two attached hydrogens (primary N) is 1. The van der Waals surface area contributed by atoms with Crippen LogP contribution in [0.15, 0.2) is 12.7 Å². The molecule has 19 heteroatoms. The van der Waals surface area contributed by atoms with Crippen molar-refractivity contribution in [2.24, 2.45) is 5.92 Å². The summed E-state index contributed by atoms with van der Waals surface area (Å²) in [6.45, 7) is -1.52. The summed E-state index contributed by atoms with van der Waals surface area (Å²) in [7, 11) is -10.7. The molecule has 7 N–H and O–H groups in total. The standard InChI is InChI=1S/C16H23N5O12P2/c17-14-9-15-19-5-20(14)7-1-6(10(22)11(7)23)2-30-34(26,27)33-35(28,29)31-3-8-12(24)13(25)16(32-8)21(15)4-18-9/h4-8,10-13,16-17,22-25H,1-3H2,(H2,26,27,28,29)/t6-,7-,8-,10-,11+,12-,13-,16-/m1/s1. The predicted molar refractivity (Wildman–Crippen MR) is 108 cm³/mol. The normalized spacial score (nSPS) is 44.6. The lowest BCUT2D eigenvalue weighted by Gasteiger charge is -2.27. The topological polar surface area (TPSA) is 256 Å². The summed E-state index contributed by atoms with van der Waals surface area (Å²) in [4.78, 5) is 30.4. The Bertz CT molecular complexity index is 1230. The quantitative estimate of drug-likeness (QED) is 0.143. The summed E-state index contributed by atoms with van der Waals surface area (Å²) in [6, 6.07) is -0.849. The summed E-state index contributed by atoms with van der Waals surface area (Å²) in [5.74, 6) is -0.867. The number of fused-ring (bicyclic) bond motifs is 7. The van der Waals surface area contributed by atoms with Crippen molar-refractivity contribution in [1.29, 1.82) is 0 Å². The molecule has 1 saturated heterocycles. The van der Waals surface area contributed by atoms with E-state index < -0.39 is 77.6 Å². The molecule has 6 rings (SSSR count). The van der Waals surface area contributed by atoms with Crippen molar-refractivity contribution in [3.63, 3.8) is 0 Å². The van der Waals surface area contributed by atoms with Crippen LogP contribution in [0.3, 0.4) is 0 Å². The van der Waals surface area contributed by atoms with Crippen LogP contribution < -0.4 is 15.2 Å². The molecule has 1 aliphatic carbocycles. The van der Waals surface area contributed by atoms with E-state index in [2.05, 4.69) is 23.3 Å². The number of aliphatic hydroxyl groups is 4. The Morgan fingerprint density at radius 2 is 1.83 bits per heavy atom. The van der Waals surface area contributed by atoms with Crippen molar-refractivity contribution in [2.45, 2.75) is 49.2 Å². The van der Waals surface area contributed by atoms with E-state index in [4.69, 9.17) is 10.5 Å². The number of hydrogen-bond acceptors (Lipinski definition) is 14. The van der Waals surface area contributed by atoms with E-state index in [-0.39, 0.29) is 23.4 Å². The first-order valence-electron chi connectivity index (χ1n) is 10.4. The number of rotatable bonds is 0. The maximum atomic E-state index is 12.2. The van der Waals surface area contributed by atoms with E-state index in [1.54, 1.807) is 0 Å². The zero-order chi connectivity index (χ0) is 25.3. The van der Waals surface area contributed by atoms with E-state index in [0.29, 0.717) is 0 Å². The molecule has 2 aromatic rings. The molecule has 17 nitrogen and oxygen atoms in total. The van der Waals surface area contributed by atoms with E-state index in [9.17, 15) is 39.3 Å². The predicted octanol–water partition coefficient (Wildman–Crippen LogP) is -3.16. The highest BCUT2D eigenvalue weighted by atomic mass is 31.3. The number of phosphoric acid groups is 2. The number of aliphatic hydroxyl groups excluding tert-OH is 4. The van der Waals surface area contributed by atoms with Gasteiger partial charge in [0.25, 0.3) is 13.6 Å². The van der Waals surface area contributed by atoms with Crippen LogP contribution in [-0.4, -0.2) is 83.6 Å². The number of nitrogens with zero attached hydrogens (tertiary/aromatic N) is 4. The highest BCUT2D eigenvalue weighted by molar-refractivity contribution is 7.60. The molecule has 4 aliphatic rings. The van der Waals surface area contributed by atoms with Gasteiger partial charge in [0, 0.05) is 5.92 Å². The molecule has 5 heterocycles. The van der Waals surface area contributed by atoms with Gasteiger partial charge in [0.1, 0.15) is 36.8 Å². The third-order valence-electron chi connectivity index (χ3n) is 6.38. The molecule has 8 bridgehead atoms. The first kappa shape index (κ1) is 25.1. The molecule has 2 aromatic heterocycles. The maximum absolute atomic E-state index is 12.2. The Morgan fingerprint density at radius 3 is 2.57 bits per heavy atom. The van der Waals surface area contributed by atoms with E-state index >= 15 is 0 Å². The van der Waals surface area contributed by atoms with Crippen molar-refractivity contribution in [3.8, 4) is 0 Å². The van der Waals surface area contributed by atoms with Gasteiger partial charge >= 0.3 is 7.82 Å². The average Bonchev–Trinajstić information content (AvgIpc) is 3.41. The molecule has 10 atom stereocenters. The number of imidazole rings is 1. The number of nitrogen functional groups attached to an aromatic ring is 1. The third-order valence-corrected chi connectivity index (χ3v) is 8.95. The second kappa shape index (κ2) is 8.76. The van der Waals surface area contributed by atoms with Gasteiger partial charge in [-0.15, -0.1) is 0 Å². The molecule has 194 valence electrons. The summed E-state index contributed by atoms with van der Waals surface area (Å²) in [5, 5.41) is 41.8. The zero-order valence-corrected chi connectivity index (χ0v) is 19.5. The minimum atomic E-state index is -5.42. The lowest BCUT2D eigenvalue weighted by atomic mass is 10.1. The average molecular weight is 539 g/mol. The van der Waals surface area contributed by atoms with Crippen molar-refractivity contribution < 1.29 is 62.0 Å². The highest BCUT2D eigenvalue weighted by Crippen LogP contribution is 2.58. The van der Waals surface area contributed by atoms with Gasteiger partial charge in [-0.25, -0.2) is 18.4 Å². The smallest absolute Gasteiger partial charge is 0.478 e. The van der Waals surface area contributed by atoms with Gasteiger partial charge in [0.05, 0.1) is 19.3 Å². The van der Waals surface area contributed by atoms with E-state index in [1.165, 1.54) is 21.8 Å². The largest absolute Gasteiger partial charge is 0.756 e. The minimum absolute atomic E-state index is 0.00327. The van der Waals surface area contributed by atoms with Gasteiger partial charge in [0.15, 0.2) is 11.7 Å². The van der Waals surface area contributed by atoms with Gasteiger partial charge in [-0.3, -0.25) is 13.7 Å². The summed E-state index contributed by atoms with van der Waals surface area (Å²) in [6.07, 6.45) is -6.08. The lowest BCUT2D eigenvalue weighted by Crippen LogP contribution is -2.48. The minimum Gasteiger partial charge on any atom is -0.756 e. The number of ether oxygens (including phenoxy) is 1. The van der Waals surface area contributed by atoms with Gasteiger partial charge in [0.2, 0.25) is 12.0 Å². The fourth-order valence-corrected chi connectivity index (χ4v) is 6.68. The fourth-order valence-electron chi connectivity index (χ4n) is 4.58. The second-order valence-electron chi connectivity index (χ2n) is 8.54. The summed E-state index contributed by atoms with van der Waals surface area (Å²) in [5.41, 5.74) is 6.59. The van der Waals surface area contributed by atoms with Crippen LogP contribution >= 0.6 is 15.6 Å². The molecule has 1 saturated carbocycles. The van der Waals surface area contributed by atoms with Crippen molar-refractivity contribution in [2.75, 3.05) is 18.9 Å². The number of aromatic nitrogens is 4. The monoisotopic (exact) mass is 539 g/mol. The molecule has 0 aromatic carbocycles. The van der Waals surface area contributed by atoms with Crippen LogP contribution in [0.25, 0.3) is 11.2 Å². The SMILES string of the molecule is Nc1c2ncn3c2nc[n+]1[C@@H]1C[C@H](COP(=O)([O-])OP(=O)(O)OC[C@H]2O[C@@H]3[C@H](O)[C@@H]2O)[C@@H](O)[C@H]1O. The van der Waals surface area contributed by atoms with Crippen LogP contribution in [0.1, 0.15) is 18.7 Å². The zero-order valence-electron chi connectivity index (χ0n) is 17.7. The van der Waals surface area contributed by atoms with Gasteiger partial charge in [-0.1, -0.05) is 4.98 Å². The maximum Gasteiger partial charge on any atom is 0.478 e. The second-order valence-corrected chi connectivity index (χ2v) is 11.5. The fraction of sp³-hybridized carbons (Fsp3) is 0.688. The van der Waals surface area contributed by atoms with Crippen LogP contribution in [0.5, 0.6) is 0 Å². The van der Waals surface area contributed by atoms with Crippen molar-refractivity contribution >= 4 is 32.6 Å². The molecular formula is C16H23N5O12P2. The van der Waals surface area contributed by atoms with Crippen LogP contribution in [0.2, 0.25) is 0 Å². The molecule has 3 aliphatic heterocycles. The Morgan fingerprint density at radius 1 is 1.09 bits per heavy atom. The first-order chi connectivity index (χ1) is 16.4. The number of phosphoric ester groups is 2. The number of anilines is 1. The Hall–Kier alpha value is -1.59. The van der Waals surface area contributed by atoms with Crippen molar-refractivity contribution in [1.82, 2.24) is 14.5 Å². The molecule has 0 amide bonds. The molecule has 2 unspecified atom stereocenters. The van der Waals surface area contributed by atoms with Gasteiger partial charge in [-0.2, -0.15) is 0 Å². The molecular weight excluding hydrogens is 516 g/mol. The van der Waals surface area contributed by atoms with E-state index in [1.807, 2.05) is 0 Å². The molecule has 35 heavy (non-hydrogen) atoms. The summed E-state index contributed by atoms with van der Waals surface area (Å²) < 4.78 is 45.9. The lowest BCUT2D eigenvalue weighted by molar-refractivity contribution is -0.717. The summed E-state index contributed by atoms with van der Waals surface area (Å²) >= 11 is 0. The van der Waals surface area contributed by atoms with Gasteiger partial charge in [-0.05, 0) is 6.42 Å².